The number of rotatable bonds is 3. The Morgan fingerprint density at radius 1 is 1.55 bits per heavy atom. The van der Waals surface area contributed by atoms with Crippen molar-refractivity contribution < 1.29 is 0 Å². The van der Waals surface area contributed by atoms with Crippen LogP contribution in [0.25, 0.3) is 0 Å². The molecule has 1 aliphatic heterocycles. The van der Waals surface area contributed by atoms with E-state index in [1.807, 2.05) is 0 Å². The van der Waals surface area contributed by atoms with Crippen molar-refractivity contribution in [3.63, 3.8) is 0 Å². The van der Waals surface area contributed by atoms with Gasteiger partial charge in [-0.2, -0.15) is 0 Å². The molecule has 0 saturated carbocycles. The zero-order valence-electron chi connectivity index (χ0n) is 7.71. The van der Waals surface area contributed by atoms with Gasteiger partial charge in [0.15, 0.2) is 0 Å². The Bertz CT molecular complexity index is 129. The molecule has 0 radical (unpaired) electrons. The van der Waals surface area contributed by atoms with Gasteiger partial charge in [0, 0.05) is 13.1 Å². The Morgan fingerprint density at radius 3 is 3.00 bits per heavy atom. The zero-order chi connectivity index (χ0) is 8.10. The molecular weight excluding hydrogens is 134 g/mol. The van der Waals surface area contributed by atoms with E-state index in [0.29, 0.717) is 0 Å². The molecule has 0 aromatic rings. The molecule has 0 aromatic heterocycles. The highest BCUT2D eigenvalue weighted by atomic mass is 15.1. The predicted octanol–water partition coefficient (Wildman–Crippen LogP) is 2.64. The number of hydrogen-bond acceptors (Lipinski definition) is 1. The van der Waals surface area contributed by atoms with Gasteiger partial charge in [-0.05, 0) is 31.9 Å². The summed E-state index contributed by atoms with van der Waals surface area (Å²) in [6, 6.07) is 0. The van der Waals surface area contributed by atoms with Crippen molar-refractivity contribution in [2.45, 2.75) is 33.1 Å². The van der Waals surface area contributed by atoms with Gasteiger partial charge in [0.25, 0.3) is 0 Å². The Kier molecular flexibility index (Phi) is 3.47. The summed E-state index contributed by atoms with van der Waals surface area (Å²) >= 11 is 0. The fraction of sp³-hybridized carbons (Fsp3) is 0.800. The summed E-state index contributed by atoms with van der Waals surface area (Å²) in [5.41, 5.74) is 0. The first-order valence-corrected chi connectivity index (χ1v) is 4.73. The van der Waals surface area contributed by atoms with Crippen LogP contribution in [0.5, 0.6) is 0 Å². The quantitative estimate of drug-likeness (QED) is 0.602. The highest BCUT2D eigenvalue weighted by Crippen LogP contribution is 2.20. The van der Waals surface area contributed by atoms with Gasteiger partial charge in [-0.25, -0.2) is 0 Å². The molecule has 11 heavy (non-hydrogen) atoms. The molecule has 0 N–H and O–H groups in total. The third-order valence-electron chi connectivity index (χ3n) is 2.37. The average molecular weight is 153 g/mol. The zero-order valence-corrected chi connectivity index (χ0v) is 7.71. The van der Waals surface area contributed by atoms with Crippen molar-refractivity contribution in [3.05, 3.63) is 12.3 Å². The van der Waals surface area contributed by atoms with Crippen molar-refractivity contribution in [3.8, 4) is 0 Å². The Morgan fingerprint density at radius 2 is 2.36 bits per heavy atom. The third kappa shape index (κ3) is 2.57. The molecule has 1 atom stereocenters. The Hall–Kier alpha value is -0.460. The molecule has 1 heteroatoms. The van der Waals surface area contributed by atoms with Crippen LogP contribution in [0, 0.1) is 5.92 Å². The van der Waals surface area contributed by atoms with E-state index in [1.165, 1.54) is 32.4 Å². The highest BCUT2D eigenvalue weighted by Gasteiger charge is 2.18. The average Bonchev–Trinajstić information content (AvgIpc) is 2.38. The van der Waals surface area contributed by atoms with Gasteiger partial charge >= 0.3 is 0 Å². The Labute approximate surface area is 70.1 Å². The first-order chi connectivity index (χ1) is 5.36. The molecule has 1 fully saturated rings. The SMILES string of the molecule is CC=CN1CCC(CCC)C1. The molecule has 1 nitrogen and oxygen atoms in total. The lowest BCUT2D eigenvalue weighted by atomic mass is 10.0. The standard InChI is InChI=1S/C10H19N/c1-3-5-10-6-8-11(9-10)7-4-2/h4,7,10H,3,5-6,8-9H2,1-2H3. The smallest absolute Gasteiger partial charge is 0.0201 e. The number of allylic oxidation sites excluding steroid dienone is 1. The van der Waals surface area contributed by atoms with E-state index in [1.54, 1.807) is 0 Å². The van der Waals surface area contributed by atoms with Crippen molar-refractivity contribution in [1.82, 2.24) is 4.90 Å². The molecule has 0 amide bonds. The normalized spacial score (nSPS) is 25.3. The molecule has 1 saturated heterocycles. The fourth-order valence-corrected chi connectivity index (χ4v) is 1.85. The second-order valence-corrected chi connectivity index (χ2v) is 3.42. The van der Waals surface area contributed by atoms with Gasteiger partial charge in [0.2, 0.25) is 0 Å². The van der Waals surface area contributed by atoms with Gasteiger partial charge in [-0.1, -0.05) is 19.4 Å². The van der Waals surface area contributed by atoms with E-state index in [2.05, 4.69) is 31.0 Å². The summed E-state index contributed by atoms with van der Waals surface area (Å²) < 4.78 is 0. The van der Waals surface area contributed by atoms with Crippen molar-refractivity contribution in [2.24, 2.45) is 5.92 Å². The van der Waals surface area contributed by atoms with Gasteiger partial charge in [-0.15, -0.1) is 0 Å². The molecule has 1 aliphatic rings. The third-order valence-corrected chi connectivity index (χ3v) is 2.37. The van der Waals surface area contributed by atoms with E-state index in [9.17, 15) is 0 Å². The highest BCUT2D eigenvalue weighted by molar-refractivity contribution is 4.85. The molecule has 64 valence electrons. The molecule has 0 spiro atoms. The van der Waals surface area contributed by atoms with E-state index in [4.69, 9.17) is 0 Å². The summed E-state index contributed by atoms with van der Waals surface area (Å²) in [4.78, 5) is 2.43. The van der Waals surface area contributed by atoms with Crippen LogP contribution in [0.15, 0.2) is 12.3 Å². The second-order valence-electron chi connectivity index (χ2n) is 3.42. The summed E-state index contributed by atoms with van der Waals surface area (Å²) in [6.45, 7) is 6.93. The maximum Gasteiger partial charge on any atom is 0.0201 e. The molecule has 0 aliphatic carbocycles. The van der Waals surface area contributed by atoms with Gasteiger partial charge in [0.1, 0.15) is 0 Å². The minimum absolute atomic E-state index is 0.969. The Balaban J connectivity index is 2.23. The van der Waals surface area contributed by atoms with Crippen LogP contribution in [-0.4, -0.2) is 18.0 Å². The number of likely N-dealkylation sites (tertiary alicyclic amines) is 1. The van der Waals surface area contributed by atoms with Crippen LogP contribution < -0.4 is 0 Å². The van der Waals surface area contributed by atoms with Crippen molar-refractivity contribution in [2.75, 3.05) is 13.1 Å². The summed E-state index contributed by atoms with van der Waals surface area (Å²) in [6.07, 6.45) is 8.50. The number of hydrogen-bond donors (Lipinski definition) is 0. The van der Waals surface area contributed by atoms with Crippen LogP contribution in [0.3, 0.4) is 0 Å². The summed E-state index contributed by atoms with van der Waals surface area (Å²) in [5.74, 6) is 0.969. The predicted molar refractivity (Wildman–Crippen MR) is 49.4 cm³/mol. The maximum absolute atomic E-state index is 2.43. The van der Waals surface area contributed by atoms with Crippen molar-refractivity contribution in [1.29, 1.82) is 0 Å². The first kappa shape index (κ1) is 8.63. The maximum atomic E-state index is 2.43. The topological polar surface area (TPSA) is 3.24 Å². The van der Waals surface area contributed by atoms with E-state index in [0.717, 1.165) is 5.92 Å². The fourth-order valence-electron chi connectivity index (χ4n) is 1.85. The van der Waals surface area contributed by atoms with Crippen molar-refractivity contribution >= 4 is 0 Å². The van der Waals surface area contributed by atoms with Crippen LogP contribution in [0.2, 0.25) is 0 Å². The van der Waals surface area contributed by atoms with Crippen LogP contribution in [-0.2, 0) is 0 Å². The van der Waals surface area contributed by atoms with Gasteiger partial charge in [0.05, 0.1) is 0 Å². The molecule has 1 unspecified atom stereocenters. The van der Waals surface area contributed by atoms with Crippen LogP contribution >= 0.6 is 0 Å². The van der Waals surface area contributed by atoms with Gasteiger partial charge < -0.3 is 4.90 Å². The molecule has 1 rings (SSSR count). The number of nitrogens with zero attached hydrogens (tertiary/aromatic N) is 1. The molecular formula is C10H19N. The van der Waals surface area contributed by atoms with E-state index >= 15 is 0 Å². The van der Waals surface area contributed by atoms with Gasteiger partial charge in [-0.3, -0.25) is 0 Å². The van der Waals surface area contributed by atoms with E-state index in [-0.39, 0.29) is 0 Å². The van der Waals surface area contributed by atoms with E-state index < -0.39 is 0 Å². The first-order valence-electron chi connectivity index (χ1n) is 4.73. The molecule has 0 bridgehead atoms. The van der Waals surface area contributed by atoms with Crippen LogP contribution in [0.1, 0.15) is 33.1 Å². The summed E-state index contributed by atoms with van der Waals surface area (Å²) in [7, 11) is 0. The monoisotopic (exact) mass is 153 g/mol. The lowest BCUT2D eigenvalue weighted by Gasteiger charge is -2.11. The summed E-state index contributed by atoms with van der Waals surface area (Å²) in [5, 5.41) is 0. The van der Waals surface area contributed by atoms with Crippen LogP contribution in [0.4, 0.5) is 0 Å². The molecule has 0 aromatic carbocycles. The lowest BCUT2D eigenvalue weighted by Crippen LogP contribution is -2.12. The molecule has 1 heterocycles. The second kappa shape index (κ2) is 4.42. The minimum atomic E-state index is 0.969. The largest absolute Gasteiger partial charge is 0.377 e. The minimum Gasteiger partial charge on any atom is -0.377 e. The lowest BCUT2D eigenvalue weighted by molar-refractivity contribution is 0.425.